The van der Waals surface area contributed by atoms with Crippen molar-refractivity contribution in [3.63, 3.8) is 0 Å². The molecule has 1 heterocycles. The molecule has 0 radical (unpaired) electrons. The molecule has 0 fully saturated rings. The topological polar surface area (TPSA) is 30.0 Å². The third-order valence-corrected chi connectivity index (χ3v) is 3.00. The van der Waals surface area contributed by atoms with Gasteiger partial charge in [0.2, 0.25) is 5.12 Å². The van der Waals surface area contributed by atoms with E-state index < -0.39 is 0 Å². The SMILES string of the molecule is Cc1ccc(-c2c(C(=O)S)ccnc2Cl)cc1. The van der Waals surface area contributed by atoms with Gasteiger partial charge in [0.25, 0.3) is 0 Å². The Labute approximate surface area is 110 Å². The second kappa shape index (κ2) is 4.90. The summed E-state index contributed by atoms with van der Waals surface area (Å²) in [6.07, 6.45) is 1.50. The molecule has 0 aliphatic heterocycles. The number of halogens is 1. The van der Waals surface area contributed by atoms with Gasteiger partial charge in [-0.3, -0.25) is 4.79 Å². The average molecular weight is 264 g/mol. The molecule has 1 aromatic heterocycles. The highest BCUT2D eigenvalue weighted by atomic mass is 35.5. The van der Waals surface area contributed by atoms with E-state index in [1.807, 2.05) is 31.2 Å². The van der Waals surface area contributed by atoms with Crippen molar-refractivity contribution in [2.24, 2.45) is 0 Å². The van der Waals surface area contributed by atoms with E-state index in [0.717, 1.165) is 11.1 Å². The van der Waals surface area contributed by atoms with Crippen LogP contribution in [0.25, 0.3) is 11.1 Å². The van der Waals surface area contributed by atoms with Gasteiger partial charge in [0.05, 0.1) is 0 Å². The first-order valence-corrected chi connectivity index (χ1v) is 5.87. The number of pyridine rings is 1. The smallest absolute Gasteiger partial charge is 0.217 e. The van der Waals surface area contributed by atoms with Crippen LogP contribution in [0, 0.1) is 6.92 Å². The van der Waals surface area contributed by atoms with Crippen LogP contribution < -0.4 is 0 Å². The molecular formula is C13H10ClNOS. The second-order valence-corrected chi connectivity index (χ2v) is 4.46. The molecule has 2 rings (SSSR count). The van der Waals surface area contributed by atoms with Gasteiger partial charge >= 0.3 is 0 Å². The summed E-state index contributed by atoms with van der Waals surface area (Å²) in [6.45, 7) is 2.00. The van der Waals surface area contributed by atoms with E-state index in [2.05, 4.69) is 17.6 Å². The lowest BCUT2D eigenvalue weighted by Crippen LogP contribution is -1.96. The number of rotatable bonds is 2. The molecule has 1 aromatic carbocycles. The first-order valence-electron chi connectivity index (χ1n) is 5.04. The van der Waals surface area contributed by atoms with Crippen molar-refractivity contribution < 1.29 is 4.79 Å². The molecule has 0 bridgehead atoms. The Morgan fingerprint density at radius 1 is 1.24 bits per heavy atom. The van der Waals surface area contributed by atoms with Crippen molar-refractivity contribution in [2.75, 3.05) is 0 Å². The van der Waals surface area contributed by atoms with Crippen molar-refractivity contribution >= 4 is 29.3 Å². The maximum Gasteiger partial charge on any atom is 0.217 e. The fourth-order valence-corrected chi connectivity index (χ4v) is 2.06. The quantitative estimate of drug-likeness (QED) is 0.660. The Hall–Kier alpha value is -1.32. The Morgan fingerprint density at radius 2 is 1.88 bits per heavy atom. The summed E-state index contributed by atoms with van der Waals surface area (Å²) >= 11 is 9.90. The van der Waals surface area contributed by atoms with Gasteiger partial charge in [0, 0.05) is 17.3 Å². The number of aryl methyl sites for hydroxylation is 1. The van der Waals surface area contributed by atoms with Crippen LogP contribution in [0.3, 0.4) is 0 Å². The van der Waals surface area contributed by atoms with Crippen molar-refractivity contribution in [3.05, 3.63) is 52.8 Å². The molecule has 0 atom stereocenters. The Morgan fingerprint density at radius 3 is 2.47 bits per heavy atom. The monoisotopic (exact) mass is 263 g/mol. The first kappa shape index (κ1) is 12.1. The van der Waals surface area contributed by atoms with E-state index in [9.17, 15) is 4.79 Å². The van der Waals surface area contributed by atoms with Crippen LogP contribution in [0.15, 0.2) is 36.5 Å². The fourth-order valence-electron chi connectivity index (χ4n) is 1.61. The zero-order valence-electron chi connectivity index (χ0n) is 9.14. The lowest BCUT2D eigenvalue weighted by Gasteiger charge is -2.08. The highest BCUT2D eigenvalue weighted by Gasteiger charge is 2.14. The number of thiol groups is 1. The number of hydrogen-bond donors (Lipinski definition) is 1. The molecule has 0 saturated carbocycles. The molecule has 0 spiro atoms. The summed E-state index contributed by atoms with van der Waals surface area (Å²) in [5, 5.41) is -0.00127. The Kier molecular flexibility index (Phi) is 3.50. The summed E-state index contributed by atoms with van der Waals surface area (Å²) in [7, 11) is 0. The van der Waals surface area contributed by atoms with Crippen LogP contribution in [0.1, 0.15) is 15.9 Å². The largest absolute Gasteiger partial charge is 0.282 e. The summed E-state index contributed by atoms with van der Waals surface area (Å²) in [4.78, 5) is 15.4. The molecule has 0 N–H and O–H groups in total. The molecule has 0 aliphatic rings. The van der Waals surface area contributed by atoms with Crippen molar-refractivity contribution in [3.8, 4) is 11.1 Å². The van der Waals surface area contributed by atoms with Gasteiger partial charge in [-0.2, -0.15) is 0 Å². The van der Waals surface area contributed by atoms with Gasteiger partial charge in [-0.15, -0.1) is 12.6 Å². The standard InChI is InChI=1S/C13H10ClNOS/c1-8-2-4-9(5-3-8)11-10(13(16)17)6-7-15-12(11)14/h2-7H,1H3,(H,16,17). The average Bonchev–Trinajstić information content (AvgIpc) is 2.30. The van der Waals surface area contributed by atoms with Gasteiger partial charge in [-0.1, -0.05) is 41.4 Å². The number of benzene rings is 1. The van der Waals surface area contributed by atoms with E-state index in [1.165, 1.54) is 6.20 Å². The first-order chi connectivity index (χ1) is 8.09. The van der Waals surface area contributed by atoms with E-state index in [4.69, 9.17) is 11.6 Å². The van der Waals surface area contributed by atoms with Crippen LogP contribution in [0.5, 0.6) is 0 Å². The highest BCUT2D eigenvalue weighted by Crippen LogP contribution is 2.30. The van der Waals surface area contributed by atoms with E-state index in [0.29, 0.717) is 16.3 Å². The Balaban J connectivity index is 2.65. The molecule has 0 unspecified atom stereocenters. The third kappa shape index (κ3) is 2.51. The zero-order chi connectivity index (χ0) is 12.4. The summed E-state index contributed by atoms with van der Waals surface area (Å²) in [5.74, 6) is 0. The molecule has 2 aromatic rings. The van der Waals surface area contributed by atoms with Gasteiger partial charge < -0.3 is 0 Å². The highest BCUT2D eigenvalue weighted by molar-refractivity contribution is 7.97. The summed E-state index contributed by atoms with van der Waals surface area (Å²) in [5.41, 5.74) is 3.12. The zero-order valence-corrected chi connectivity index (χ0v) is 10.8. The number of carbonyl (C=O) groups excluding carboxylic acids is 1. The number of nitrogens with zero attached hydrogens (tertiary/aromatic N) is 1. The van der Waals surface area contributed by atoms with E-state index >= 15 is 0 Å². The molecule has 0 aliphatic carbocycles. The predicted molar refractivity (Wildman–Crippen MR) is 72.7 cm³/mol. The van der Waals surface area contributed by atoms with Crippen molar-refractivity contribution in [2.45, 2.75) is 6.92 Å². The summed E-state index contributed by atoms with van der Waals surface area (Å²) in [6, 6.07) is 9.38. The van der Waals surface area contributed by atoms with Crippen LogP contribution in [-0.4, -0.2) is 10.1 Å². The van der Waals surface area contributed by atoms with Crippen molar-refractivity contribution in [1.82, 2.24) is 4.98 Å². The molecule has 0 amide bonds. The molecule has 0 saturated heterocycles. The lowest BCUT2D eigenvalue weighted by molar-refractivity contribution is 0.109. The molecule has 86 valence electrons. The minimum absolute atomic E-state index is 0.314. The third-order valence-electron chi connectivity index (χ3n) is 2.48. The van der Waals surface area contributed by atoms with E-state index in [-0.39, 0.29) is 5.12 Å². The van der Waals surface area contributed by atoms with Crippen LogP contribution in [0.4, 0.5) is 0 Å². The minimum Gasteiger partial charge on any atom is -0.282 e. The predicted octanol–water partition coefficient (Wildman–Crippen LogP) is 3.78. The number of aromatic nitrogens is 1. The van der Waals surface area contributed by atoms with Crippen LogP contribution in [0.2, 0.25) is 5.15 Å². The van der Waals surface area contributed by atoms with Crippen LogP contribution >= 0.6 is 24.2 Å². The summed E-state index contributed by atoms with van der Waals surface area (Å²) < 4.78 is 0. The molecule has 4 heteroatoms. The van der Waals surface area contributed by atoms with Gasteiger partial charge in [-0.25, -0.2) is 4.98 Å². The van der Waals surface area contributed by atoms with Gasteiger partial charge in [0.15, 0.2) is 0 Å². The van der Waals surface area contributed by atoms with Gasteiger partial charge in [0.1, 0.15) is 5.15 Å². The molecule has 17 heavy (non-hydrogen) atoms. The normalized spacial score (nSPS) is 10.3. The maximum absolute atomic E-state index is 11.4. The van der Waals surface area contributed by atoms with Crippen LogP contribution in [-0.2, 0) is 0 Å². The number of hydrogen-bond acceptors (Lipinski definition) is 2. The fraction of sp³-hybridized carbons (Fsp3) is 0.0769. The number of carbonyl (C=O) groups is 1. The van der Waals surface area contributed by atoms with E-state index in [1.54, 1.807) is 6.07 Å². The molecular weight excluding hydrogens is 254 g/mol. The van der Waals surface area contributed by atoms with Crippen molar-refractivity contribution in [1.29, 1.82) is 0 Å². The maximum atomic E-state index is 11.4. The minimum atomic E-state index is -0.315. The second-order valence-electron chi connectivity index (χ2n) is 3.70. The van der Waals surface area contributed by atoms with Gasteiger partial charge in [-0.05, 0) is 18.6 Å². The molecule has 2 nitrogen and oxygen atoms in total. The Bertz CT molecular complexity index is 566. The lowest BCUT2D eigenvalue weighted by atomic mass is 10.0.